The number of ether oxygens (including phenoxy) is 1. The van der Waals surface area contributed by atoms with Gasteiger partial charge in [-0.2, -0.15) is 0 Å². The van der Waals surface area contributed by atoms with Gasteiger partial charge >= 0.3 is 0 Å². The summed E-state index contributed by atoms with van der Waals surface area (Å²) in [6.45, 7) is 4.02. The van der Waals surface area contributed by atoms with Crippen LogP contribution >= 0.6 is 0 Å². The molecule has 0 spiro atoms. The van der Waals surface area contributed by atoms with E-state index in [1.807, 2.05) is 25.1 Å². The number of carbonyl (C=O) groups excluding carboxylic acids is 2. The first-order valence-electron chi connectivity index (χ1n) is 6.88. The Morgan fingerprint density at radius 1 is 1.40 bits per heavy atom. The molecule has 5 heteroatoms. The highest BCUT2D eigenvalue weighted by molar-refractivity contribution is 5.90. The Morgan fingerprint density at radius 2 is 2.20 bits per heavy atom. The summed E-state index contributed by atoms with van der Waals surface area (Å²) in [5.74, 6) is 0.793. The molecular weight excluding hydrogens is 256 g/mol. The van der Waals surface area contributed by atoms with Gasteiger partial charge in [0.15, 0.2) is 0 Å². The van der Waals surface area contributed by atoms with Gasteiger partial charge in [0.2, 0.25) is 11.8 Å². The number of hydrogen-bond donors (Lipinski definition) is 2. The molecule has 1 atom stereocenters. The molecule has 1 aromatic carbocycles. The van der Waals surface area contributed by atoms with Crippen molar-refractivity contribution >= 4 is 17.5 Å². The third-order valence-corrected chi connectivity index (χ3v) is 3.13. The molecule has 0 aromatic heterocycles. The summed E-state index contributed by atoms with van der Waals surface area (Å²) in [4.78, 5) is 22.5. The second-order valence-corrected chi connectivity index (χ2v) is 5.09. The number of amides is 2. The normalized spacial score (nSPS) is 16.2. The predicted octanol–water partition coefficient (Wildman–Crippen LogP) is 1.86. The molecule has 5 nitrogen and oxygen atoms in total. The van der Waals surface area contributed by atoms with Gasteiger partial charge in [0.1, 0.15) is 11.9 Å². The van der Waals surface area contributed by atoms with Gasteiger partial charge in [0.05, 0.1) is 0 Å². The van der Waals surface area contributed by atoms with Crippen molar-refractivity contribution < 1.29 is 14.3 Å². The second kappa shape index (κ2) is 6.41. The molecule has 0 aliphatic carbocycles. The van der Waals surface area contributed by atoms with E-state index in [-0.39, 0.29) is 17.9 Å². The lowest BCUT2D eigenvalue weighted by Gasteiger charge is -2.07. The quantitative estimate of drug-likeness (QED) is 0.807. The molecule has 1 aromatic rings. The SMILES string of the molecule is CC(=O)NCCCC(=O)Nc1ccc2c(c1)CC(C)O2. The maximum Gasteiger partial charge on any atom is 0.224 e. The summed E-state index contributed by atoms with van der Waals surface area (Å²) < 4.78 is 5.62. The van der Waals surface area contributed by atoms with Crippen molar-refractivity contribution in [3.8, 4) is 5.75 Å². The molecule has 1 unspecified atom stereocenters. The van der Waals surface area contributed by atoms with Crippen LogP contribution in [0.2, 0.25) is 0 Å². The monoisotopic (exact) mass is 276 g/mol. The minimum Gasteiger partial charge on any atom is -0.490 e. The van der Waals surface area contributed by atoms with Crippen LogP contribution in [0.3, 0.4) is 0 Å². The molecule has 2 rings (SSSR count). The highest BCUT2D eigenvalue weighted by Crippen LogP contribution is 2.30. The van der Waals surface area contributed by atoms with Gasteiger partial charge in [-0.1, -0.05) is 0 Å². The fraction of sp³-hybridized carbons (Fsp3) is 0.467. The van der Waals surface area contributed by atoms with Gasteiger partial charge < -0.3 is 15.4 Å². The average Bonchev–Trinajstić information content (AvgIpc) is 2.74. The molecule has 0 saturated heterocycles. The maximum atomic E-state index is 11.8. The zero-order valence-electron chi connectivity index (χ0n) is 11.9. The molecule has 2 amide bonds. The lowest BCUT2D eigenvalue weighted by atomic mass is 10.1. The Hall–Kier alpha value is -2.04. The Bertz CT molecular complexity index is 514. The van der Waals surface area contributed by atoms with Crippen molar-refractivity contribution in [3.05, 3.63) is 23.8 Å². The minimum atomic E-state index is -0.0712. The van der Waals surface area contributed by atoms with Crippen molar-refractivity contribution in [1.82, 2.24) is 5.32 Å². The largest absolute Gasteiger partial charge is 0.490 e. The van der Waals surface area contributed by atoms with Crippen molar-refractivity contribution in [2.75, 3.05) is 11.9 Å². The number of anilines is 1. The number of carbonyl (C=O) groups is 2. The third kappa shape index (κ3) is 3.98. The smallest absolute Gasteiger partial charge is 0.224 e. The van der Waals surface area contributed by atoms with E-state index in [1.54, 1.807) is 0 Å². The summed E-state index contributed by atoms with van der Waals surface area (Å²) in [6.07, 6.45) is 2.11. The summed E-state index contributed by atoms with van der Waals surface area (Å²) in [5.41, 5.74) is 1.93. The first-order chi connectivity index (χ1) is 9.54. The molecule has 1 aliphatic heterocycles. The number of benzene rings is 1. The van der Waals surface area contributed by atoms with E-state index in [0.29, 0.717) is 19.4 Å². The first-order valence-corrected chi connectivity index (χ1v) is 6.88. The second-order valence-electron chi connectivity index (χ2n) is 5.09. The van der Waals surface area contributed by atoms with Crippen LogP contribution in [0.15, 0.2) is 18.2 Å². The van der Waals surface area contributed by atoms with Crippen LogP contribution in [0.4, 0.5) is 5.69 Å². The van der Waals surface area contributed by atoms with Gasteiger partial charge in [-0.25, -0.2) is 0 Å². The lowest BCUT2D eigenvalue weighted by Crippen LogP contribution is -2.22. The van der Waals surface area contributed by atoms with Gasteiger partial charge in [-0.15, -0.1) is 0 Å². The highest BCUT2D eigenvalue weighted by atomic mass is 16.5. The molecule has 0 saturated carbocycles. The third-order valence-electron chi connectivity index (χ3n) is 3.13. The Balaban J connectivity index is 1.80. The Labute approximate surface area is 118 Å². The topological polar surface area (TPSA) is 67.4 Å². The molecule has 1 aliphatic rings. The molecule has 2 N–H and O–H groups in total. The number of fused-ring (bicyclic) bond motifs is 1. The Kier molecular flexibility index (Phi) is 4.61. The van der Waals surface area contributed by atoms with Crippen molar-refractivity contribution in [1.29, 1.82) is 0 Å². The zero-order valence-corrected chi connectivity index (χ0v) is 11.9. The van der Waals surface area contributed by atoms with E-state index in [1.165, 1.54) is 6.92 Å². The molecule has 1 heterocycles. The number of rotatable bonds is 5. The van der Waals surface area contributed by atoms with Crippen LogP contribution in [-0.2, 0) is 16.0 Å². The van der Waals surface area contributed by atoms with E-state index in [2.05, 4.69) is 10.6 Å². The van der Waals surface area contributed by atoms with Crippen LogP contribution < -0.4 is 15.4 Å². The van der Waals surface area contributed by atoms with E-state index < -0.39 is 0 Å². The Morgan fingerprint density at radius 3 is 2.95 bits per heavy atom. The minimum absolute atomic E-state index is 0.0396. The van der Waals surface area contributed by atoms with Gasteiger partial charge in [0, 0.05) is 32.0 Å². The van der Waals surface area contributed by atoms with E-state index >= 15 is 0 Å². The van der Waals surface area contributed by atoms with Gasteiger partial charge in [-0.3, -0.25) is 9.59 Å². The first kappa shape index (κ1) is 14.4. The fourth-order valence-corrected chi connectivity index (χ4v) is 2.24. The molecule has 20 heavy (non-hydrogen) atoms. The fourth-order valence-electron chi connectivity index (χ4n) is 2.24. The van der Waals surface area contributed by atoms with Gasteiger partial charge in [0.25, 0.3) is 0 Å². The highest BCUT2D eigenvalue weighted by Gasteiger charge is 2.19. The van der Waals surface area contributed by atoms with Crippen molar-refractivity contribution in [2.24, 2.45) is 0 Å². The molecule has 0 radical (unpaired) electrons. The summed E-state index contributed by atoms with van der Waals surface area (Å²) in [5, 5.41) is 5.54. The predicted molar refractivity (Wildman–Crippen MR) is 76.8 cm³/mol. The van der Waals surface area contributed by atoms with Crippen LogP contribution in [0, 0.1) is 0 Å². The van der Waals surface area contributed by atoms with Crippen LogP contribution in [0.1, 0.15) is 32.3 Å². The van der Waals surface area contributed by atoms with E-state index in [4.69, 9.17) is 4.74 Å². The van der Waals surface area contributed by atoms with Crippen LogP contribution in [0.5, 0.6) is 5.75 Å². The van der Waals surface area contributed by atoms with Crippen molar-refractivity contribution in [3.63, 3.8) is 0 Å². The number of hydrogen-bond acceptors (Lipinski definition) is 3. The standard InChI is InChI=1S/C15H20N2O3/c1-10-8-12-9-13(5-6-14(12)20-10)17-15(19)4-3-7-16-11(2)18/h5-6,9-10H,3-4,7-8H2,1-2H3,(H,16,18)(H,17,19). The summed E-state index contributed by atoms with van der Waals surface area (Å²) >= 11 is 0. The zero-order chi connectivity index (χ0) is 14.5. The molecule has 108 valence electrons. The van der Waals surface area contributed by atoms with Crippen molar-refractivity contribution in [2.45, 2.75) is 39.2 Å². The summed E-state index contributed by atoms with van der Waals surface area (Å²) in [7, 11) is 0. The number of nitrogens with one attached hydrogen (secondary N) is 2. The van der Waals surface area contributed by atoms with Crippen LogP contribution in [-0.4, -0.2) is 24.5 Å². The molecule has 0 bridgehead atoms. The van der Waals surface area contributed by atoms with E-state index in [0.717, 1.165) is 23.4 Å². The maximum absolute atomic E-state index is 11.8. The van der Waals surface area contributed by atoms with Crippen LogP contribution in [0.25, 0.3) is 0 Å². The molecule has 0 fully saturated rings. The van der Waals surface area contributed by atoms with E-state index in [9.17, 15) is 9.59 Å². The average molecular weight is 276 g/mol. The molecular formula is C15H20N2O3. The van der Waals surface area contributed by atoms with Gasteiger partial charge in [-0.05, 0) is 37.1 Å². The lowest BCUT2D eigenvalue weighted by molar-refractivity contribution is -0.119. The summed E-state index contributed by atoms with van der Waals surface area (Å²) in [6, 6.07) is 5.71.